The third-order valence-corrected chi connectivity index (χ3v) is 3.96. The Morgan fingerprint density at radius 3 is 1.38 bits per heavy atom. The van der Waals surface area contributed by atoms with Crippen LogP contribution in [0.15, 0.2) is 0 Å². The number of aliphatic carboxylic acids is 1. The summed E-state index contributed by atoms with van der Waals surface area (Å²) in [6, 6.07) is 0. The summed E-state index contributed by atoms with van der Waals surface area (Å²) in [5.41, 5.74) is 0. The summed E-state index contributed by atoms with van der Waals surface area (Å²) in [6.45, 7) is 8.55. The van der Waals surface area contributed by atoms with Crippen molar-refractivity contribution >= 4 is 5.97 Å². The Labute approximate surface area is 133 Å². The number of carboxylic acids is 1. The molecule has 2 nitrogen and oxygen atoms in total. The third kappa shape index (κ3) is 19.5. The lowest BCUT2D eigenvalue weighted by Crippen LogP contribution is -2.11. The molecule has 1 atom stereocenters. The van der Waals surface area contributed by atoms with E-state index in [9.17, 15) is 4.79 Å². The van der Waals surface area contributed by atoms with Crippen LogP contribution in [0.5, 0.6) is 0 Å². The van der Waals surface area contributed by atoms with Gasteiger partial charge in [0.05, 0.1) is 5.92 Å². The van der Waals surface area contributed by atoms with Crippen LogP contribution in [-0.2, 0) is 4.79 Å². The van der Waals surface area contributed by atoms with Crippen LogP contribution in [0.3, 0.4) is 0 Å². The van der Waals surface area contributed by atoms with E-state index in [4.69, 9.17) is 5.11 Å². The van der Waals surface area contributed by atoms with Crippen LogP contribution >= 0.6 is 0 Å². The van der Waals surface area contributed by atoms with Gasteiger partial charge in [-0.15, -0.1) is 0 Å². The Hall–Kier alpha value is -0.530. The van der Waals surface area contributed by atoms with E-state index in [0.717, 1.165) is 25.7 Å². The third-order valence-electron chi connectivity index (χ3n) is 3.96. The molecule has 1 unspecified atom stereocenters. The zero-order valence-electron chi connectivity index (χ0n) is 15.1. The molecule has 0 aliphatic heterocycles. The van der Waals surface area contributed by atoms with Gasteiger partial charge in [0.1, 0.15) is 0 Å². The quantitative estimate of drug-likeness (QED) is 0.379. The summed E-state index contributed by atoms with van der Waals surface area (Å²) < 4.78 is 0. The lowest BCUT2D eigenvalue weighted by Gasteiger charge is -2.06. The van der Waals surface area contributed by atoms with Crippen molar-refractivity contribution in [3.8, 4) is 0 Å². The first-order valence-electron chi connectivity index (χ1n) is 9.36. The maximum absolute atomic E-state index is 10.4. The average molecular weight is 301 g/mol. The molecule has 0 aromatic carbocycles. The van der Waals surface area contributed by atoms with Gasteiger partial charge in [0.15, 0.2) is 0 Å². The minimum Gasteiger partial charge on any atom is -0.481 e. The second kappa shape index (κ2) is 19.5. The average Bonchev–Trinajstić information content (AvgIpc) is 2.47. The molecular formula is C19H40O2. The van der Waals surface area contributed by atoms with Crippen molar-refractivity contribution in [1.82, 2.24) is 0 Å². The fourth-order valence-corrected chi connectivity index (χ4v) is 2.34. The molecule has 0 aliphatic rings. The lowest BCUT2D eigenvalue weighted by atomic mass is 10.00. The van der Waals surface area contributed by atoms with Gasteiger partial charge in [-0.1, -0.05) is 98.3 Å². The Kier molecular flexibility index (Phi) is 21.1. The maximum Gasteiger partial charge on any atom is 0.306 e. The number of rotatable bonds is 13. The van der Waals surface area contributed by atoms with Gasteiger partial charge in [0, 0.05) is 0 Å². The number of carboxylic acid groups (broad SMARTS) is 1. The normalized spacial score (nSPS) is 11.6. The van der Waals surface area contributed by atoms with Gasteiger partial charge in [0.25, 0.3) is 0 Å². The molecule has 0 radical (unpaired) electrons. The van der Waals surface area contributed by atoms with Gasteiger partial charge >= 0.3 is 5.97 Å². The van der Waals surface area contributed by atoms with Crippen molar-refractivity contribution in [2.45, 2.75) is 111 Å². The molecule has 128 valence electrons. The molecule has 0 aliphatic carbocycles. The smallest absolute Gasteiger partial charge is 0.306 e. The molecule has 21 heavy (non-hydrogen) atoms. The largest absolute Gasteiger partial charge is 0.481 e. The molecule has 0 aromatic rings. The molecule has 0 saturated heterocycles. The molecular weight excluding hydrogens is 260 g/mol. The van der Waals surface area contributed by atoms with Gasteiger partial charge in [-0.25, -0.2) is 0 Å². The number of unbranched alkanes of at least 4 members (excludes halogenated alkanes) is 9. The van der Waals surface area contributed by atoms with Crippen molar-refractivity contribution in [2.24, 2.45) is 5.92 Å². The number of hydrogen-bond acceptors (Lipinski definition) is 1. The molecule has 0 aromatic heterocycles. The van der Waals surface area contributed by atoms with Gasteiger partial charge in [0.2, 0.25) is 0 Å². The Bertz CT molecular complexity index is 194. The van der Waals surface area contributed by atoms with Crippen LogP contribution in [0, 0.1) is 5.92 Å². The van der Waals surface area contributed by atoms with E-state index in [1.54, 1.807) is 0 Å². The topological polar surface area (TPSA) is 37.3 Å². The SMILES string of the molecule is CCCCC(CC)C(=O)O.CCCCCCCCCCC. The predicted octanol–water partition coefficient (Wildman–Crippen LogP) is 6.82. The monoisotopic (exact) mass is 300 g/mol. The molecule has 0 saturated carbocycles. The zero-order chi connectivity index (χ0) is 16.3. The van der Waals surface area contributed by atoms with E-state index >= 15 is 0 Å². The highest BCUT2D eigenvalue weighted by atomic mass is 16.4. The van der Waals surface area contributed by atoms with E-state index in [-0.39, 0.29) is 5.92 Å². The Morgan fingerprint density at radius 2 is 1.10 bits per heavy atom. The molecule has 1 N–H and O–H groups in total. The van der Waals surface area contributed by atoms with Crippen LogP contribution in [0.25, 0.3) is 0 Å². The van der Waals surface area contributed by atoms with Crippen molar-refractivity contribution < 1.29 is 9.90 Å². The van der Waals surface area contributed by atoms with E-state index in [1.807, 2.05) is 6.92 Å². The van der Waals surface area contributed by atoms with Crippen LogP contribution in [0.2, 0.25) is 0 Å². The van der Waals surface area contributed by atoms with E-state index in [0.29, 0.717) is 0 Å². The minimum atomic E-state index is -0.643. The fourth-order valence-electron chi connectivity index (χ4n) is 2.34. The first kappa shape index (κ1) is 22.7. The van der Waals surface area contributed by atoms with Gasteiger partial charge in [-0.05, 0) is 12.8 Å². The van der Waals surface area contributed by atoms with Crippen molar-refractivity contribution in [1.29, 1.82) is 0 Å². The summed E-state index contributed by atoms with van der Waals surface area (Å²) in [6.07, 6.45) is 16.7. The second-order valence-electron chi connectivity index (χ2n) is 6.06. The summed E-state index contributed by atoms with van der Waals surface area (Å²) in [4.78, 5) is 10.4. The molecule has 0 heterocycles. The first-order chi connectivity index (χ1) is 10.1. The van der Waals surface area contributed by atoms with Crippen molar-refractivity contribution in [3.63, 3.8) is 0 Å². The zero-order valence-corrected chi connectivity index (χ0v) is 15.1. The number of carbonyl (C=O) groups is 1. The van der Waals surface area contributed by atoms with E-state index in [2.05, 4.69) is 20.8 Å². The van der Waals surface area contributed by atoms with E-state index in [1.165, 1.54) is 57.8 Å². The van der Waals surface area contributed by atoms with Crippen LogP contribution in [0.4, 0.5) is 0 Å². The van der Waals surface area contributed by atoms with Gasteiger partial charge in [-0.3, -0.25) is 4.79 Å². The highest BCUT2D eigenvalue weighted by molar-refractivity contribution is 5.69. The Balaban J connectivity index is 0. The summed E-state index contributed by atoms with van der Waals surface area (Å²) >= 11 is 0. The molecule has 2 heteroatoms. The van der Waals surface area contributed by atoms with Crippen LogP contribution < -0.4 is 0 Å². The second-order valence-corrected chi connectivity index (χ2v) is 6.06. The Morgan fingerprint density at radius 1 is 0.714 bits per heavy atom. The molecule has 0 fully saturated rings. The summed E-state index contributed by atoms with van der Waals surface area (Å²) in [5, 5.41) is 8.60. The predicted molar refractivity (Wildman–Crippen MR) is 93.8 cm³/mol. The van der Waals surface area contributed by atoms with Gasteiger partial charge in [-0.2, -0.15) is 0 Å². The molecule has 0 amide bonds. The summed E-state index contributed by atoms with van der Waals surface area (Å²) in [7, 11) is 0. The molecule has 0 rings (SSSR count). The van der Waals surface area contributed by atoms with Gasteiger partial charge < -0.3 is 5.11 Å². The summed E-state index contributed by atoms with van der Waals surface area (Å²) in [5.74, 6) is -0.754. The molecule has 0 spiro atoms. The van der Waals surface area contributed by atoms with Crippen LogP contribution in [0.1, 0.15) is 111 Å². The first-order valence-corrected chi connectivity index (χ1v) is 9.36. The standard InChI is InChI=1S/C11H24.C8H16O2/c1-3-5-7-9-11-10-8-6-4-2;1-3-5-6-7(4-2)8(9)10/h3-11H2,1-2H3;7H,3-6H2,1-2H3,(H,9,10). The van der Waals surface area contributed by atoms with Crippen molar-refractivity contribution in [3.05, 3.63) is 0 Å². The fraction of sp³-hybridized carbons (Fsp3) is 0.947. The highest BCUT2D eigenvalue weighted by Gasteiger charge is 2.12. The van der Waals surface area contributed by atoms with E-state index < -0.39 is 5.97 Å². The maximum atomic E-state index is 10.4. The molecule has 0 bridgehead atoms. The highest BCUT2D eigenvalue weighted by Crippen LogP contribution is 2.11. The lowest BCUT2D eigenvalue weighted by molar-refractivity contribution is -0.142. The van der Waals surface area contributed by atoms with Crippen LogP contribution in [-0.4, -0.2) is 11.1 Å². The van der Waals surface area contributed by atoms with Crippen molar-refractivity contribution in [2.75, 3.05) is 0 Å². The minimum absolute atomic E-state index is 0.111. The number of hydrogen-bond donors (Lipinski definition) is 1.